The number of amides is 1. The Bertz CT molecular complexity index is 1470. The molecule has 39 heavy (non-hydrogen) atoms. The molecular formula is C29H31BrN4O5. The summed E-state index contributed by atoms with van der Waals surface area (Å²) in [4.78, 5) is 19.6. The van der Waals surface area contributed by atoms with Gasteiger partial charge in [0.15, 0.2) is 11.5 Å². The Morgan fingerprint density at radius 3 is 2.54 bits per heavy atom. The van der Waals surface area contributed by atoms with Crippen LogP contribution in [0, 0.1) is 5.92 Å². The highest BCUT2D eigenvalue weighted by atomic mass is 79.9. The molecule has 0 saturated carbocycles. The molecule has 0 spiro atoms. The predicted molar refractivity (Wildman–Crippen MR) is 151 cm³/mol. The van der Waals surface area contributed by atoms with Gasteiger partial charge < -0.3 is 23.8 Å². The molecule has 4 aromatic rings. The summed E-state index contributed by atoms with van der Waals surface area (Å²) in [6.45, 7) is 3.19. The van der Waals surface area contributed by atoms with Crippen LogP contribution < -0.4 is 18.9 Å². The Morgan fingerprint density at radius 2 is 1.82 bits per heavy atom. The molecule has 9 nitrogen and oxygen atoms in total. The van der Waals surface area contributed by atoms with Gasteiger partial charge in [-0.1, -0.05) is 12.1 Å². The molecule has 2 atom stereocenters. The molecular weight excluding hydrogens is 564 g/mol. The number of methoxy groups -OCH3 is 3. The average Bonchev–Trinajstić information content (AvgIpc) is 3.53. The lowest BCUT2D eigenvalue weighted by atomic mass is 10.1. The molecule has 1 fully saturated rings. The van der Waals surface area contributed by atoms with Gasteiger partial charge in [0.05, 0.1) is 56.5 Å². The van der Waals surface area contributed by atoms with E-state index in [0.717, 1.165) is 33.3 Å². The van der Waals surface area contributed by atoms with Gasteiger partial charge in [0.2, 0.25) is 11.8 Å². The van der Waals surface area contributed by atoms with Gasteiger partial charge in [0.25, 0.3) is 0 Å². The Labute approximate surface area is 235 Å². The van der Waals surface area contributed by atoms with Crippen LogP contribution in [0.5, 0.6) is 23.1 Å². The quantitative estimate of drug-likeness (QED) is 0.237. The first kappa shape index (κ1) is 26.8. The number of hydrogen-bond acceptors (Lipinski definition) is 7. The zero-order chi connectivity index (χ0) is 27.5. The van der Waals surface area contributed by atoms with E-state index in [2.05, 4.69) is 28.0 Å². The highest BCUT2D eigenvalue weighted by Crippen LogP contribution is 2.35. The molecule has 1 aliphatic rings. The maximum Gasteiger partial charge on any atom is 0.241 e. The number of nitrogens with zero attached hydrogens (tertiary/aromatic N) is 4. The molecule has 2 aromatic heterocycles. The van der Waals surface area contributed by atoms with Gasteiger partial charge in [0.1, 0.15) is 11.3 Å². The summed E-state index contributed by atoms with van der Waals surface area (Å²) in [7, 11) is 4.85. The van der Waals surface area contributed by atoms with Crippen LogP contribution in [0.25, 0.3) is 16.8 Å². The summed E-state index contributed by atoms with van der Waals surface area (Å²) in [5, 5.41) is 4.44. The minimum absolute atomic E-state index is 0.00321. The van der Waals surface area contributed by atoms with Gasteiger partial charge in [-0.25, -0.2) is 9.50 Å². The first-order valence-electron chi connectivity index (χ1n) is 12.7. The van der Waals surface area contributed by atoms with Crippen LogP contribution in [0.1, 0.15) is 31.4 Å². The third kappa shape index (κ3) is 5.52. The third-order valence-electron chi connectivity index (χ3n) is 7.17. The van der Waals surface area contributed by atoms with E-state index < -0.39 is 0 Å². The normalized spacial score (nSPS) is 16.0. The van der Waals surface area contributed by atoms with Gasteiger partial charge in [-0.2, -0.15) is 5.10 Å². The molecule has 0 bridgehead atoms. The van der Waals surface area contributed by atoms with Crippen molar-refractivity contribution in [3.63, 3.8) is 0 Å². The summed E-state index contributed by atoms with van der Waals surface area (Å²) in [6, 6.07) is 13.5. The molecule has 0 N–H and O–H groups in total. The fourth-order valence-corrected chi connectivity index (χ4v) is 5.39. The van der Waals surface area contributed by atoms with Gasteiger partial charge in [-0.05, 0) is 71.1 Å². The van der Waals surface area contributed by atoms with E-state index in [1.807, 2.05) is 53.6 Å². The molecule has 0 aliphatic carbocycles. The summed E-state index contributed by atoms with van der Waals surface area (Å²) in [5.74, 6) is 2.90. The van der Waals surface area contributed by atoms with Gasteiger partial charge in [-0.15, -0.1) is 0 Å². The lowest BCUT2D eigenvalue weighted by molar-refractivity contribution is -0.129. The van der Waals surface area contributed by atoms with Crippen LogP contribution in [0.3, 0.4) is 0 Å². The zero-order valence-corrected chi connectivity index (χ0v) is 24.0. The highest BCUT2D eigenvalue weighted by molar-refractivity contribution is 9.10. The van der Waals surface area contributed by atoms with E-state index in [9.17, 15) is 4.79 Å². The van der Waals surface area contributed by atoms with Crippen molar-refractivity contribution in [1.82, 2.24) is 19.5 Å². The Morgan fingerprint density at radius 1 is 1.05 bits per heavy atom. The van der Waals surface area contributed by atoms with E-state index in [-0.39, 0.29) is 17.9 Å². The van der Waals surface area contributed by atoms with Gasteiger partial charge in [-0.3, -0.25) is 4.79 Å². The fourth-order valence-electron chi connectivity index (χ4n) is 4.94. The maximum atomic E-state index is 12.9. The van der Waals surface area contributed by atoms with Gasteiger partial charge >= 0.3 is 0 Å². The van der Waals surface area contributed by atoms with Crippen molar-refractivity contribution in [3.8, 4) is 34.4 Å². The number of aromatic nitrogens is 3. The van der Waals surface area contributed by atoms with E-state index in [1.54, 1.807) is 32.0 Å². The highest BCUT2D eigenvalue weighted by Gasteiger charge is 2.33. The second-order valence-electron chi connectivity index (χ2n) is 9.49. The molecule has 10 heteroatoms. The van der Waals surface area contributed by atoms with Crippen LogP contribution in [-0.4, -0.2) is 59.9 Å². The SMILES string of the molecule is COc1ccc([C@@H](C)N2C[C@H](CCOc3nc(-c4ccc(OC)c(OC)c4)cn4ncc(Br)c34)CC2=O)cc1. The number of carbonyl (C=O) groups excluding carboxylic acids is 1. The van der Waals surface area contributed by atoms with E-state index in [4.69, 9.17) is 23.9 Å². The van der Waals surface area contributed by atoms with Crippen LogP contribution in [-0.2, 0) is 4.79 Å². The first-order valence-corrected chi connectivity index (χ1v) is 13.5. The Hall–Kier alpha value is -3.79. The smallest absolute Gasteiger partial charge is 0.241 e. The number of fused-ring (bicyclic) bond motifs is 1. The second-order valence-corrected chi connectivity index (χ2v) is 10.3. The number of likely N-dealkylation sites (tertiary alicyclic amines) is 1. The monoisotopic (exact) mass is 594 g/mol. The van der Waals surface area contributed by atoms with Crippen LogP contribution in [0.15, 0.2) is 59.3 Å². The molecule has 0 radical (unpaired) electrons. The minimum atomic E-state index is -0.00321. The number of benzene rings is 2. The van der Waals surface area contributed by atoms with Crippen molar-refractivity contribution >= 4 is 27.4 Å². The lowest BCUT2D eigenvalue weighted by Gasteiger charge is -2.25. The molecule has 5 rings (SSSR count). The maximum absolute atomic E-state index is 12.9. The molecule has 0 unspecified atom stereocenters. The van der Waals surface area contributed by atoms with Crippen molar-refractivity contribution in [3.05, 3.63) is 64.9 Å². The second kappa shape index (κ2) is 11.5. The molecule has 3 heterocycles. The standard InChI is InChI=1S/C29H31BrN4O5/c1-18(20-5-8-22(36-2)9-6-20)33-16-19(13-27(33)35)11-12-39-29-28-23(30)15-31-34(28)17-24(32-29)21-7-10-25(37-3)26(14-21)38-4/h5-10,14-15,17-19H,11-13,16H2,1-4H3/t18-,19-/m1/s1. The largest absolute Gasteiger partial charge is 0.497 e. The lowest BCUT2D eigenvalue weighted by Crippen LogP contribution is -2.28. The summed E-state index contributed by atoms with van der Waals surface area (Å²) in [5.41, 5.74) is 3.36. The molecule has 1 aliphatic heterocycles. The van der Waals surface area contributed by atoms with E-state index in [0.29, 0.717) is 42.6 Å². The summed E-state index contributed by atoms with van der Waals surface area (Å²) < 4.78 is 24.8. The zero-order valence-electron chi connectivity index (χ0n) is 22.4. The Balaban J connectivity index is 1.29. The summed E-state index contributed by atoms with van der Waals surface area (Å²) >= 11 is 3.56. The van der Waals surface area contributed by atoms with Crippen molar-refractivity contribution in [2.45, 2.75) is 25.8 Å². The van der Waals surface area contributed by atoms with Crippen LogP contribution in [0.4, 0.5) is 0 Å². The van der Waals surface area contributed by atoms with Crippen molar-refractivity contribution in [2.75, 3.05) is 34.5 Å². The van der Waals surface area contributed by atoms with E-state index in [1.165, 1.54) is 0 Å². The molecule has 1 amide bonds. The average molecular weight is 595 g/mol. The Kier molecular flexibility index (Phi) is 7.92. The van der Waals surface area contributed by atoms with Crippen LogP contribution in [0.2, 0.25) is 0 Å². The van der Waals surface area contributed by atoms with Crippen LogP contribution >= 0.6 is 15.9 Å². The number of ether oxygens (including phenoxy) is 4. The third-order valence-corrected chi connectivity index (χ3v) is 7.75. The van der Waals surface area contributed by atoms with Crippen molar-refractivity contribution in [2.24, 2.45) is 5.92 Å². The van der Waals surface area contributed by atoms with Crippen molar-refractivity contribution < 1.29 is 23.7 Å². The predicted octanol–water partition coefficient (Wildman–Crippen LogP) is 5.56. The van der Waals surface area contributed by atoms with E-state index >= 15 is 0 Å². The van der Waals surface area contributed by atoms with Crippen molar-refractivity contribution in [1.29, 1.82) is 0 Å². The minimum Gasteiger partial charge on any atom is -0.497 e. The van der Waals surface area contributed by atoms with Gasteiger partial charge in [0, 0.05) is 18.5 Å². The fraction of sp³-hybridized carbons (Fsp3) is 0.345. The number of carbonyl (C=O) groups is 1. The number of halogens is 1. The summed E-state index contributed by atoms with van der Waals surface area (Å²) in [6.07, 6.45) is 4.81. The molecule has 2 aromatic carbocycles. The number of hydrogen-bond donors (Lipinski definition) is 0. The topological polar surface area (TPSA) is 87.4 Å². The number of rotatable bonds is 10. The molecule has 1 saturated heterocycles. The molecule has 204 valence electrons. The first-order chi connectivity index (χ1) is 18.9.